The summed E-state index contributed by atoms with van der Waals surface area (Å²) in [7, 11) is 0. The number of carbonyl (C=O) groups excluding carboxylic acids is 1. The number of anilines is 1. The molecule has 1 saturated heterocycles. The molecule has 3 aliphatic rings. The molecule has 0 spiro atoms. The number of hydrogen-bond donors (Lipinski definition) is 1. The first-order chi connectivity index (χ1) is 11.7. The van der Waals surface area contributed by atoms with E-state index in [1.807, 2.05) is 0 Å². The minimum Gasteiger partial charge on any atom is -0.302 e. The maximum atomic E-state index is 12.3. The quantitative estimate of drug-likeness (QED) is 0.871. The lowest BCUT2D eigenvalue weighted by Crippen LogP contribution is -2.32. The fourth-order valence-electron chi connectivity index (χ4n) is 4.92. The lowest BCUT2D eigenvalue weighted by atomic mass is 9.86. The topological polar surface area (TPSA) is 45.2 Å². The fraction of sp³-hybridized carbons (Fsp3) is 0.789. The maximum absolute atomic E-state index is 12.3. The van der Waals surface area contributed by atoms with Crippen LogP contribution in [0.15, 0.2) is 5.38 Å². The minimum absolute atomic E-state index is 0.167. The molecule has 1 aromatic rings. The van der Waals surface area contributed by atoms with Gasteiger partial charge in [-0.15, -0.1) is 11.3 Å². The summed E-state index contributed by atoms with van der Waals surface area (Å²) < 4.78 is 0. The third-order valence-corrected chi connectivity index (χ3v) is 7.20. The highest BCUT2D eigenvalue weighted by Crippen LogP contribution is 2.49. The standard InChI is InChI=1S/C19H29N3OS/c1-13-4-6-22(7-5-13)11-17-12-24-19(20-17)21-18(23)10-16-9-14-2-3-15(16)8-14/h12-16H,2-11H2,1H3,(H,20,21,23). The largest absolute Gasteiger partial charge is 0.302 e. The Balaban J connectivity index is 1.25. The summed E-state index contributed by atoms with van der Waals surface area (Å²) in [6.45, 7) is 5.60. The third-order valence-electron chi connectivity index (χ3n) is 6.39. The van der Waals surface area contributed by atoms with Crippen molar-refractivity contribution < 1.29 is 4.79 Å². The Morgan fingerprint density at radius 3 is 2.83 bits per heavy atom. The molecule has 132 valence electrons. The van der Waals surface area contributed by atoms with E-state index in [-0.39, 0.29) is 5.91 Å². The maximum Gasteiger partial charge on any atom is 0.226 e. The molecular formula is C19H29N3OS. The summed E-state index contributed by atoms with van der Waals surface area (Å²) >= 11 is 1.57. The van der Waals surface area contributed by atoms with Gasteiger partial charge in [0.15, 0.2) is 5.13 Å². The second kappa shape index (κ2) is 7.12. The molecule has 1 aromatic heterocycles. The molecule has 2 bridgehead atoms. The van der Waals surface area contributed by atoms with Gasteiger partial charge in [-0.25, -0.2) is 4.98 Å². The average molecular weight is 348 g/mol. The first-order valence-corrected chi connectivity index (χ1v) is 10.5. The average Bonchev–Trinajstić information content (AvgIpc) is 3.27. The van der Waals surface area contributed by atoms with Crippen molar-refractivity contribution in [3.05, 3.63) is 11.1 Å². The Morgan fingerprint density at radius 2 is 2.12 bits per heavy atom. The highest BCUT2D eigenvalue weighted by molar-refractivity contribution is 7.13. The second-order valence-corrected chi connectivity index (χ2v) is 9.15. The van der Waals surface area contributed by atoms with E-state index in [0.29, 0.717) is 12.3 Å². The number of nitrogens with one attached hydrogen (secondary N) is 1. The van der Waals surface area contributed by atoms with E-state index < -0.39 is 0 Å². The molecule has 2 saturated carbocycles. The van der Waals surface area contributed by atoms with E-state index in [4.69, 9.17) is 0 Å². The molecule has 5 heteroatoms. The molecule has 0 aromatic carbocycles. The molecule has 3 atom stereocenters. The lowest BCUT2D eigenvalue weighted by Gasteiger charge is -2.29. The second-order valence-electron chi connectivity index (χ2n) is 8.29. The lowest BCUT2D eigenvalue weighted by molar-refractivity contribution is -0.117. The molecule has 24 heavy (non-hydrogen) atoms. The van der Waals surface area contributed by atoms with Gasteiger partial charge in [0.2, 0.25) is 5.91 Å². The summed E-state index contributed by atoms with van der Waals surface area (Å²) in [5.41, 5.74) is 1.10. The van der Waals surface area contributed by atoms with E-state index in [9.17, 15) is 4.79 Å². The zero-order valence-electron chi connectivity index (χ0n) is 14.7. The smallest absolute Gasteiger partial charge is 0.226 e. The van der Waals surface area contributed by atoms with Crippen LogP contribution in [-0.4, -0.2) is 28.9 Å². The predicted octanol–water partition coefficient (Wildman–Crippen LogP) is 4.14. The van der Waals surface area contributed by atoms with Crippen molar-refractivity contribution in [2.24, 2.45) is 23.7 Å². The van der Waals surface area contributed by atoms with Crippen LogP contribution in [0.5, 0.6) is 0 Å². The zero-order chi connectivity index (χ0) is 16.5. The summed E-state index contributed by atoms with van der Waals surface area (Å²) in [5.74, 6) is 3.37. The highest BCUT2D eigenvalue weighted by atomic mass is 32.1. The van der Waals surface area contributed by atoms with Crippen LogP contribution in [-0.2, 0) is 11.3 Å². The molecule has 1 amide bonds. The van der Waals surface area contributed by atoms with Gasteiger partial charge in [0.25, 0.3) is 0 Å². The van der Waals surface area contributed by atoms with Crippen LogP contribution < -0.4 is 5.32 Å². The van der Waals surface area contributed by atoms with Gasteiger partial charge in [0.1, 0.15) is 0 Å². The van der Waals surface area contributed by atoms with Gasteiger partial charge in [-0.2, -0.15) is 0 Å². The Hall–Kier alpha value is -0.940. The molecule has 4 nitrogen and oxygen atoms in total. The van der Waals surface area contributed by atoms with Crippen LogP contribution in [0.2, 0.25) is 0 Å². The van der Waals surface area contributed by atoms with Crippen molar-refractivity contribution in [1.29, 1.82) is 0 Å². The normalized spacial score (nSPS) is 30.8. The summed E-state index contributed by atoms with van der Waals surface area (Å²) in [6, 6.07) is 0. The van der Waals surface area contributed by atoms with Crippen molar-refractivity contribution in [3.8, 4) is 0 Å². The monoisotopic (exact) mass is 347 g/mol. The van der Waals surface area contributed by atoms with Crippen LogP contribution in [0.25, 0.3) is 0 Å². The Kier molecular flexibility index (Phi) is 4.90. The number of hydrogen-bond acceptors (Lipinski definition) is 4. The number of amides is 1. The van der Waals surface area contributed by atoms with Crippen molar-refractivity contribution in [2.45, 2.75) is 58.4 Å². The number of piperidine rings is 1. The number of thiazole rings is 1. The van der Waals surface area contributed by atoms with Crippen molar-refractivity contribution >= 4 is 22.4 Å². The van der Waals surface area contributed by atoms with E-state index in [1.165, 1.54) is 51.6 Å². The molecule has 3 unspecified atom stereocenters. The number of aromatic nitrogens is 1. The molecule has 0 radical (unpaired) electrons. The number of nitrogens with zero attached hydrogens (tertiary/aromatic N) is 2. The Bertz CT molecular complexity index is 579. The fourth-order valence-corrected chi connectivity index (χ4v) is 5.64. The van der Waals surface area contributed by atoms with Gasteiger partial charge in [0.05, 0.1) is 5.69 Å². The van der Waals surface area contributed by atoms with Crippen molar-refractivity contribution in [2.75, 3.05) is 18.4 Å². The van der Waals surface area contributed by atoms with Gasteiger partial charge >= 0.3 is 0 Å². The van der Waals surface area contributed by atoms with Crippen molar-refractivity contribution in [3.63, 3.8) is 0 Å². The molecule has 1 aliphatic heterocycles. The summed E-state index contributed by atoms with van der Waals surface area (Å²) in [5, 5.41) is 5.93. The van der Waals surface area contributed by atoms with Gasteiger partial charge in [-0.3, -0.25) is 9.69 Å². The molecule has 3 fully saturated rings. The van der Waals surface area contributed by atoms with Crippen LogP contribution in [0, 0.1) is 23.7 Å². The van der Waals surface area contributed by atoms with Crippen LogP contribution >= 0.6 is 11.3 Å². The van der Waals surface area contributed by atoms with Gasteiger partial charge in [0, 0.05) is 18.3 Å². The Morgan fingerprint density at radius 1 is 1.29 bits per heavy atom. The molecule has 4 rings (SSSR count). The summed E-state index contributed by atoms with van der Waals surface area (Å²) in [4.78, 5) is 19.4. The van der Waals surface area contributed by atoms with Crippen LogP contribution in [0.1, 0.15) is 57.6 Å². The van der Waals surface area contributed by atoms with Crippen LogP contribution in [0.3, 0.4) is 0 Å². The highest BCUT2D eigenvalue weighted by Gasteiger charge is 2.40. The number of fused-ring (bicyclic) bond motifs is 2. The number of rotatable bonds is 5. The zero-order valence-corrected chi connectivity index (χ0v) is 15.5. The first kappa shape index (κ1) is 16.5. The van der Waals surface area contributed by atoms with E-state index in [0.717, 1.165) is 35.1 Å². The third kappa shape index (κ3) is 3.83. The molecular weight excluding hydrogens is 318 g/mol. The van der Waals surface area contributed by atoms with Gasteiger partial charge in [-0.05, 0) is 68.9 Å². The number of likely N-dealkylation sites (tertiary alicyclic amines) is 1. The van der Waals surface area contributed by atoms with E-state index in [2.05, 4.69) is 27.5 Å². The predicted molar refractivity (Wildman–Crippen MR) is 98.0 cm³/mol. The molecule has 1 N–H and O–H groups in total. The molecule has 2 aliphatic carbocycles. The Labute approximate surface area is 149 Å². The summed E-state index contributed by atoms with van der Waals surface area (Å²) in [6.07, 6.45) is 8.66. The molecule has 2 heterocycles. The van der Waals surface area contributed by atoms with Gasteiger partial charge < -0.3 is 5.32 Å². The number of carbonyl (C=O) groups is 1. The van der Waals surface area contributed by atoms with Gasteiger partial charge in [-0.1, -0.05) is 13.3 Å². The van der Waals surface area contributed by atoms with Crippen molar-refractivity contribution in [1.82, 2.24) is 9.88 Å². The minimum atomic E-state index is 0.167. The van der Waals surface area contributed by atoms with E-state index >= 15 is 0 Å². The SMILES string of the molecule is CC1CCN(Cc2csc(NC(=O)CC3CC4CCC3C4)n2)CC1. The van der Waals surface area contributed by atoms with E-state index in [1.54, 1.807) is 11.3 Å². The van der Waals surface area contributed by atoms with Crippen LogP contribution in [0.4, 0.5) is 5.13 Å². The first-order valence-electron chi connectivity index (χ1n) is 9.62.